The van der Waals surface area contributed by atoms with Gasteiger partial charge in [-0.2, -0.15) is 11.8 Å². The number of ether oxygens (including phenoxy) is 1. The lowest BCUT2D eigenvalue weighted by Crippen LogP contribution is -2.41. The van der Waals surface area contributed by atoms with Crippen LogP contribution in [0.1, 0.15) is 66.0 Å². The lowest BCUT2D eigenvalue weighted by Gasteiger charge is -2.21. The number of carbonyl (C=O) groups excluding carboxylic acids is 1. The summed E-state index contributed by atoms with van der Waals surface area (Å²) in [6.07, 6.45) is 4.78. The van der Waals surface area contributed by atoms with Crippen LogP contribution < -0.4 is 5.32 Å². The van der Waals surface area contributed by atoms with E-state index >= 15 is 0 Å². The fraction of sp³-hybridized carbons (Fsp3) is 0.314. The molecule has 0 radical (unpaired) electrons. The molecule has 2 N–H and O–H groups in total. The summed E-state index contributed by atoms with van der Waals surface area (Å²) in [7, 11) is 0. The fourth-order valence-electron chi connectivity index (χ4n) is 4.91. The average molecular weight is 620 g/mol. The molecule has 1 amide bonds. The zero-order chi connectivity index (χ0) is 30.8. The second-order valence-electron chi connectivity index (χ2n) is 10.4. The molecule has 0 aliphatic heterocycles. The summed E-state index contributed by atoms with van der Waals surface area (Å²) in [5.41, 5.74) is 4.72. The number of aryl methyl sites for hydroxylation is 1. The van der Waals surface area contributed by atoms with E-state index in [-0.39, 0.29) is 0 Å². The smallest absolute Gasteiger partial charge is 0.326 e. The maximum Gasteiger partial charge on any atom is 0.326 e. The van der Waals surface area contributed by atoms with E-state index in [1.807, 2.05) is 86.0 Å². The van der Waals surface area contributed by atoms with Crippen molar-refractivity contribution in [2.45, 2.75) is 51.7 Å². The summed E-state index contributed by atoms with van der Waals surface area (Å²) in [6, 6.07) is 23.8. The molecule has 43 heavy (non-hydrogen) atoms. The van der Waals surface area contributed by atoms with Crippen molar-refractivity contribution in [1.29, 1.82) is 0 Å². The second-order valence-corrected chi connectivity index (χ2v) is 11.9. The largest absolute Gasteiger partial charge is 0.480 e. The second kappa shape index (κ2) is 15.8. The number of unbranched alkanes of at least 4 members (excludes halogenated alkanes) is 2. The fourth-order valence-corrected chi connectivity index (χ4v) is 5.51. The monoisotopic (exact) mass is 619 g/mol. The maximum absolute atomic E-state index is 13.6. The Labute approximate surface area is 262 Å². The van der Waals surface area contributed by atoms with Crippen molar-refractivity contribution in [3.05, 3.63) is 106 Å². The van der Waals surface area contributed by atoms with E-state index in [9.17, 15) is 14.7 Å². The Morgan fingerprint density at radius 1 is 1.00 bits per heavy atom. The van der Waals surface area contributed by atoms with Gasteiger partial charge in [-0.25, -0.2) is 4.79 Å². The van der Waals surface area contributed by atoms with E-state index < -0.39 is 24.0 Å². The van der Waals surface area contributed by atoms with Gasteiger partial charge in [0.25, 0.3) is 5.91 Å². The number of hydrogen-bond acceptors (Lipinski definition) is 5. The van der Waals surface area contributed by atoms with Crippen molar-refractivity contribution < 1.29 is 23.8 Å². The molecule has 0 spiro atoms. The Morgan fingerprint density at radius 3 is 2.47 bits per heavy atom. The molecule has 4 aromatic rings. The van der Waals surface area contributed by atoms with Crippen molar-refractivity contribution in [2.24, 2.45) is 0 Å². The first-order chi connectivity index (χ1) is 20.8. The molecule has 4 rings (SSSR count). The Bertz CT molecular complexity index is 1520. The summed E-state index contributed by atoms with van der Waals surface area (Å²) in [4.78, 5) is 25.5. The number of benzene rings is 3. The van der Waals surface area contributed by atoms with Crippen LogP contribution in [0.2, 0.25) is 5.02 Å². The molecule has 226 valence electrons. The predicted molar refractivity (Wildman–Crippen MR) is 175 cm³/mol. The number of amides is 1. The minimum Gasteiger partial charge on any atom is -0.480 e. The van der Waals surface area contributed by atoms with Crippen LogP contribution in [0.15, 0.2) is 83.3 Å². The summed E-state index contributed by atoms with van der Waals surface area (Å²) in [5, 5.41) is 13.1. The van der Waals surface area contributed by atoms with Crippen molar-refractivity contribution in [1.82, 2.24) is 5.32 Å². The molecule has 2 unspecified atom stereocenters. The topological polar surface area (TPSA) is 88.8 Å². The number of aliphatic carboxylic acids is 1. The molecule has 6 nitrogen and oxygen atoms in total. The van der Waals surface area contributed by atoms with E-state index in [0.29, 0.717) is 46.5 Å². The Morgan fingerprint density at radius 2 is 1.77 bits per heavy atom. The van der Waals surface area contributed by atoms with Gasteiger partial charge in [-0.1, -0.05) is 61.7 Å². The Kier molecular flexibility index (Phi) is 11.9. The van der Waals surface area contributed by atoms with Gasteiger partial charge in [0.1, 0.15) is 23.7 Å². The van der Waals surface area contributed by atoms with Gasteiger partial charge in [-0.05, 0) is 103 Å². The third kappa shape index (κ3) is 8.53. The highest BCUT2D eigenvalue weighted by Gasteiger charge is 2.25. The molecule has 0 saturated carbocycles. The first-order valence-corrected chi connectivity index (χ1v) is 16.3. The van der Waals surface area contributed by atoms with Gasteiger partial charge in [-0.3, -0.25) is 4.79 Å². The third-order valence-corrected chi connectivity index (χ3v) is 8.18. The molecular formula is C35H38ClNO5S. The summed E-state index contributed by atoms with van der Waals surface area (Å²) in [5.74, 6) is 0.498. The highest BCUT2D eigenvalue weighted by Crippen LogP contribution is 2.36. The van der Waals surface area contributed by atoms with Gasteiger partial charge >= 0.3 is 5.97 Å². The van der Waals surface area contributed by atoms with Crippen LogP contribution in [0.5, 0.6) is 0 Å². The van der Waals surface area contributed by atoms with Crippen molar-refractivity contribution >= 4 is 35.2 Å². The first-order valence-electron chi connectivity index (χ1n) is 14.5. The van der Waals surface area contributed by atoms with Gasteiger partial charge in [-0.15, -0.1) is 0 Å². The third-order valence-electron chi connectivity index (χ3n) is 7.29. The molecule has 8 heteroatoms. The van der Waals surface area contributed by atoms with Gasteiger partial charge < -0.3 is 19.6 Å². The highest BCUT2D eigenvalue weighted by molar-refractivity contribution is 7.98. The molecule has 1 aromatic heterocycles. The number of furan rings is 1. The number of carboxylic acid groups (broad SMARTS) is 1. The van der Waals surface area contributed by atoms with Crippen LogP contribution in [0.4, 0.5) is 0 Å². The molecule has 2 atom stereocenters. The van der Waals surface area contributed by atoms with Crippen LogP contribution in [0.25, 0.3) is 22.5 Å². The zero-order valence-electron chi connectivity index (χ0n) is 24.8. The summed E-state index contributed by atoms with van der Waals surface area (Å²) < 4.78 is 12.8. The van der Waals surface area contributed by atoms with Crippen LogP contribution in [-0.4, -0.2) is 41.6 Å². The molecule has 0 aliphatic rings. The van der Waals surface area contributed by atoms with E-state index in [2.05, 4.69) is 12.2 Å². The van der Waals surface area contributed by atoms with Gasteiger partial charge in [0.05, 0.1) is 0 Å². The number of rotatable bonds is 15. The normalized spacial score (nSPS) is 12.6. The maximum atomic E-state index is 13.6. The number of hydrogen-bond donors (Lipinski definition) is 2. The number of nitrogens with one attached hydrogen (secondary N) is 1. The molecule has 0 fully saturated rings. The average Bonchev–Trinajstić information content (AvgIpc) is 3.49. The lowest BCUT2D eigenvalue weighted by molar-refractivity contribution is -0.139. The number of carboxylic acids is 1. The Hall–Kier alpha value is -3.52. The SMILES string of the molecule is CCCCCOC(c1ccc(C(=O)NC(CCSC)C(=O)O)c(-c2ccccc2C)c1)c1ccc(-c2ccc(Cl)cc2)o1. The summed E-state index contributed by atoms with van der Waals surface area (Å²) in [6.45, 7) is 4.69. The molecule has 1 heterocycles. The molecule has 0 saturated heterocycles. The number of thioether (sulfide) groups is 1. The number of halogens is 1. The minimum atomic E-state index is -1.05. The van der Waals surface area contributed by atoms with E-state index in [1.165, 1.54) is 0 Å². The van der Waals surface area contributed by atoms with E-state index in [4.69, 9.17) is 20.8 Å². The van der Waals surface area contributed by atoms with Gasteiger partial charge in [0.15, 0.2) is 0 Å². The summed E-state index contributed by atoms with van der Waals surface area (Å²) >= 11 is 7.63. The van der Waals surface area contributed by atoms with Gasteiger partial charge in [0.2, 0.25) is 0 Å². The first kappa shape index (κ1) is 32.4. The Balaban J connectivity index is 1.75. The van der Waals surface area contributed by atoms with Crippen LogP contribution in [-0.2, 0) is 9.53 Å². The molecule has 0 aliphatic carbocycles. The predicted octanol–water partition coefficient (Wildman–Crippen LogP) is 8.81. The van der Waals surface area contributed by atoms with Crippen LogP contribution in [0, 0.1) is 6.92 Å². The van der Waals surface area contributed by atoms with Crippen LogP contribution in [0.3, 0.4) is 0 Å². The van der Waals surface area contributed by atoms with E-state index in [0.717, 1.165) is 41.5 Å². The van der Waals surface area contributed by atoms with Crippen molar-refractivity contribution in [3.8, 4) is 22.5 Å². The lowest BCUT2D eigenvalue weighted by atomic mass is 9.92. The quantitative estimate of drug-likeness (QED) is 0.129. The van der Waals surface area contributed by atoms with E-state index in [1.54, 1.807) is 17.8 Å². The van der Waals surface area contributed by atoms with Gasteiger partial charge in [0, 0.05) is 22.8 Å². The highest BCUT2D eigenvalue weighted by atomic mass is 35.5. The molecular weight excluding hydrogens is 582 g/mol. The van der Waals surface area contributed by atoms with Crippen molar-refractivity contribution in [3.63, 3.8) is 0 Å². The zero-order valence-corrected chi connectivity index (χ0v) is 26.3. The number of carbonyl (C=O) groups is 2. The molecule has 3 aromatic carbocycles. The van der Waals surface area contributed by atoms with Crippen molar-refractivity contribution in [2.75, 3.05) is 18.6 Å². The molecule has 0 bridgehead atoms. The standard InChI is InChI=1S/C35H38ClNO5S/c1-4-5-8-20-41-33(32-18-17-31(42-32)24-11-14-26(36)15-12-24)25-13-16-28(29(22-25)27-10-7-6-9-23(27)2)34(38)37-30(35(39)40)19-21-43-3/h6-7,9-18,22,30,33H,4-5,8,19-21H2,1-3H3,(H,37,38)(H,39,40). The minimum absolute atomic E-state index is 0.335. The van der Waals surface area contributed by atoms with Crippen LogP contribution >= 0.6 is 23.4 Å².